The predicted octanol–water partition coefficient (Wildman–Crippen LogP) is 4.97. The second kappa shape index (κ2) is 8.47. The molecule has 2 aromatic carbocycles. The van der Waals surface area contributed by atoms with Crippen molar-refractivity contribution in [2.45, 2.75) is 26.8 Å². The molecule has 1 unspecified atom stereocenters. The number of ketones is 1. The van der Waals surface area contributed by atoms with E-state index in [4.69, 9.17) is 40.5 Å². The van der Waals surface area contributed by atoms with Gasteiger partial charge in [-0.1, -0.05) is 55.6 Å². The fraction of sp³-hybridized carbons (Fsp3) is 0.263. The Labute approximate surface area is 178 Å². The molecule has 0 aliphatic rings. The second-order valence-corrected chi connectivity index (χ2v) is 8.43. The zero-order valence-electron chi connectivity index (χ0n) is 15.4. The van der Waals surface area contributed by atoms with E-state index in [2.05, 4.69) is 10.6 Å². The quantitative estimate of drug-likeness (QED) is 0.296. The highest BCUT2D eigenvalue weighted by atomic mass is 35.5. The number of amides is 1. The Morgan fingerprint density at radius 2 is 1.61 bits per heavy atom. The van der Waals surface area contributed by atoms with Crippen LogP contribution in [0.15, 0.2) is 30.3 Å². The fourth-order valence-corrected chi connectivity index (χ4v) is 2.99. The van der Waals surface area contributed by atoms with Gasteiger partial charge in [-0.2, -0.15) is 0 Å². The van der Waals surface area contributed by atoms with Crippen LogP contribution in [0.25, 0.3) is 0 Å². The smallest absolute Gasteiger partial charge is 0.254 e. The minimum atomic E-state index is -1.27. The molecule has 0 saturated carbocycles. The van der Waals surface area contributed by atoms with Gasteiger partial charge in [0, 0.05) is 16.8 Å². The highest BCUT2D eigenvalue weighted by Gasteiger charge is 2.35. The van der Waals surface area contributed by atoms with Crippen LogP contribution in [0.2, 0.25) is 15.1 Å². The molecule has 0 heterocycles. The summed E-state index contributed by atoms with van der Waals surface area (Å²) in [5.41, 5.74) is 5.89. The summed E-state index contributed by atoms with van der Waals surface area (Å²) in [6, 6.07) is 6.09. The van der Waals surface area contributed by atoms with Crippen LogP contribution in [-0.4, -0.2) is 22.8 Å². The molecule has 1 amide bonds. The summed E-state index contributed by atoms with van der Waals surface area (Å²) >= 11 is 18.0. The Hall–Kier alpha value is -2.15. The molecule has 0 aromatic heterocycles. The van der Waals surface area contributed by atoms with Gasteiger partial charge >= 0.3 is 0 Å². The maximum absolute atomic E-state index is 12.9. The van der Waals surface area contributed by atoms with Crippen LogP contribution in [0.5, 0.6) is 5.75 Å². The highest BCUT2D eigenvalue weighted by molar-refractivity contribution is 6.37. The van der Waals surface area contributed by atoms with E-state index in [0.717, 1.165) is 0 Å². The number of carbonyl (C=O) groups is 2. The summed E-state index contributed by atoms with van der Waals surface area (Å²) in [4.78, 5) is 25.8. The SMILES string of the molecule is CC(C)(C)C(=O)C(Nc1cc(Cl)c(O)c(Cl)c1)C(=O)Nc1cc(N)ccc1Cl. The van der Waals surface area contributed by atoms with Gasteiger partial charge in [-0.05, 0) is 30.3 Å². The number of phenols is 1. The third-order valence-corrected chi connectivity index (χ3v) is 4.75. The van der Waals surface area contributed by atoms with Gasteiger partial charge in [-0.15, -0.1) is 0 Å². The zero-order chi connectivity index (χ0) is 21.2. The van der Waals surface area contributed by atoms with Crippen LogP contribution in [0.3, 0.4) is 0 Å². The first-order chi connectivity index (χ1) is 12.9. The number of Topliss-reactive ketones (excluding diaryl/α,β-unsaturated/α-hetero) is 1. The molecule has 6 nitrogen and oxygen atoms in total. The standard InChI is InChI=1S/C19H20Cl3N3O3/c1-19(2,3)17(27)15(24-10-7-12(21)16(26)13(22)8-10)18(28)25-14-6-9(23)4-5-11(14)20/h4-8,15,24,26H,23H2,1-3H3,(H,25,28). The number of phenolic OH excluding ortho intramolecular Hbond substituents is 1. The van der Waals surface area contributed by atoms with Crippen molar-refractivity contribution >= 4 is 63.6 Å². The summed E-state index contributed by atoms with van der Waals surface area (Å²) < 4.78 is 0. The first kappa shape index (κ1) is 22.1. The van der Waals surface area contributed by atoms with Crippen LogP contribution in [0, 0.1) is 5.41 Å². The van der Waals surface area contributed by atoms with Crippen LogP contribution >= 0.6 is 34.8 Å². The molecule has 0 radical (unpaired) electrons. The number of nitrogens with two attached hydrogens (primary N) is 1. The number of hydrogen-bond donors (Lipinski definition) is 4. The molecular formula is C19H20Cl3N3O3. The van der Waals surface area contributed by atoms with E-state index in [-0.39, 0.29) is 32.3 Å². The number of anilines is 3. The lowest BCUT2D eigenvalue weighted by molar-refractivity contribution is -0.131. The molecule has 0 spiro atoms. The second-order valence-electron chi connectivity index (χ2n) is 7.21. The third-order valence-electron chi connectivity index (χ3n) is 3.84. The molecule has 2 aromatic rings. The molecule has 1 atom stereocenters. The van der Waals surface area contributed by atoms with Crippen molar-refractivity contribution in [3.05, 3.63) is 45.4 Å². The first-order valence-corrected chi connectivity index (χ1v) is 9.38. The van der Waals surface area contributed by atoms with E-state index in [1.54, 1.807) is 32.9 Å². The monoisotopic (exact) mass is 443 g/mol. The van der Waals surface area contributed by atoms with Gasteiger partial charge in [0.25, 0.3) is 5.91 Å². The number of nitrogens with one attached hydrogen (secondary N) is 2. The van der Waals surface area contributed by atoms with Crippen molar-refractivity contribution < 1.29 is 14.7 Å². The Balaban J connectivity index is 2.38. The Kier molecular flexibility index (Phi) is 6.70. The number of carbonyl (C=O) groups excluding carboxylic acids is 2. The molecule has 0 aliphatic heterocycles. The Morgan fingerprint density at radius 1 is 1.04 bits per heavy atom. The van der Waals surface area contributed by atoms with E-state index in [0.29, 0.717) is 11.4 Å². The minimum absolute atomic E-state index is 0.0174. The van der Waals surface area contributed by atoms with E-state index >= 15 is 0 Å². The highest BCUT2D eigenvalue weighted by Crippen LogP contribution is 2.35. The Morgan fingerprint density at radius 3 is 2.14 bits per heavy atom. The van der Waals surface area contributed by atoms with E-state index in [9.17, 15) is 14.7 Å². The lowest BCUT2D eigenvalue weighted by atomic mass is 9.86. The summed E-state index contributed by atoms with van der Waals surface area (Å²) in [5.74, 6) is -1.29. The van der Waals surface area contributed by atoms with Crippen LogP contribution in [-0.2, 0) is 9.59 Å². The lowest BCUT2D eigenvalue weighted by Gasteiger charge is -2.26. The van der Waals surface area contributed by atoms with Crippen LogP contribution < -0.4 is 16.4 Å². The van der Waals surface area contributed by atoms with Gasteiger partial charge in [-0.25, -0.2) is 0 Å². The number of rotatable bonds is 5. The fourth-order valence-electron chi connectivity index (χ4n) is 2.34. The van der Waals surface area contributed by atoms with Crippen LogP contribution in [0.1, 0.15) is 20.8 Å². The Bertz CT molecular complexity index is 903. The topological polar surface area (TPSA) is 104 Å². The molecule has 0 aliphatic carbocycles. The molecule has 28 heavy (non-hydrogen) atoms. The predicted molar refractivity (Wildman–Crippen MR) is 114 cm³/mol. The largest absolute Gasteiger partial charge is 0.505 e. The number of benzene rings is 2. The van der Waals surface area contributed by atoms with Crippen molar-refractivity contribution in [2.24, 2.45) is 5.41 Å². The van der Waals surface area contributed by atoms with Crippen molar-refractivity contribution in [3.63, 3.8) is 0 Å². The van der Waals surface area contributed by atoms with Crippen molar-refractivity contribution in [1.82, 2.24) is 0 Å². The van der Waals surface area contributed by atoms with Gasteiger partial charge < -0.3 is 21.5 Å². The average Bonchev–Trinajstić information content (AvgIpc) is 2.59. The number of nitrogen functional groups attached to an aromatic ring is 1. The van der Waals surface area contributed by atoms with Crippen molar-refractivity contribution in [1.29, 1.82) is 0 Å². The molecule has 150 valence electrons. The van der Waals surface area contributed by atoms with Gasteiger partial charge in [0.05, 0.1) is 20.8 Å². The maximum atomic E-state index is 12.9. The van der Waals surface area contributed by atoms with Gasteiger partial charge in [0.1, 0.15) is 0 Å². The molecule has 5 N–H and O–H groups in total. The van der Waals surface area contributed by atoms with Crippen molar-refractivity contribution in [3.8, 4) is 5.75 Å². The lowest BCUT2D eigenvalue weighted by Crippen LogP contribution is -2.46. The van der Waals surface area contributed by atoms with Gasteiger partial charge in [0.2, 0.25) is 0 Å². The molecule has 0 fully saturated rings. The minimum Gasteiger partial charge on any atom is -0.505 e. The molecule has 0 saturated heterocycles. The number of aromatic hydroxyl groups is 1. The zero-order valence-corrected chi connectivity index (χ0v) is 17.7. The van der Waals surface area contributed by atoms with Crippen LogP contribution in [0.4, 0.5) is 17.1 Å². The van der Waals surface area contributed by atoms with E-state index in [1.807, 2.05) is 0 Å². The summed E-state index contributed by atoms with van der Waals surface area (Å²) in [6.07, 6.45) is 0. The van der Waals surface area contributed by atoms with E-state index in [1.165, 1.54) is 18.2 Å². The van der Waals surface area contributed by atoms with Gasteiger partial charge in [0.15, 0.2) is 17.6 Å². The summed E-state index contributed by atoms with van der Waals surface area (Å²) in [6.45, 7) is 5.09. The normalized spacial score (nSPS) is 12.4. The summed E-state index contributed by atoms with van der Waals surface area (Å²) in [5, 5.41) is 15.4. The molecular weight excluding hydrogens is 425 g/mol. The van der Waals surface area contributed by atoms with Crippen molar-refractivity contribution in [2.75, 3.05) is 16.4 Å². The van der Waals surface area contributed by atoms with Gasteiger partial charge in [-0.3, -0.25) is 9.59 Å². The summed E-state index contributed by atoms with van der Waals surface area (Å²) in [7, 11) is 0. The number of hydrogen-bond acceptors (Lipinski definition) is 5. The van der Waals surface area contributed by atoms with E-state index < -0.39 is 17.4 Å². The molecule has 0 bridgehead atoms. The third kappa shape index (κ3) is 5.22. The maximum Gasteiger partial charge on any atom is 0.254 e. The molecule has 9 heteroatoms. The first-order valence-electron chi connectivity index (χ1n) is 8.25. The number of halogens is 3. The average molecular weight is 445 g/mol. The molecule has 2 rings (SSSR count).